The van der Waals surface area contributed by atoms with E-state index in [1.165, 1.54) is 0 Å². The number of aromatic nitrogens is 5. The molecule has 0 unspecified atom stereocenters. The number of hydrogen-bond acceptors (Lipinski definition) is 9. The summed E-state index contributed by atoms with van der Waals surface area (Å²) < 4.78 is 10.6. The number of nitrogens with one attached hydrogen (secondary N) is 1. The van der Waals surface area contributed by atoms with Crippen LogP contribution < -0.4 is 5.32 Å². The summed E-state index contributed by atoms with van der Waals surface area (Å²) in [7, 11) is 0. The Balaban J connectivity index is 1.79. The van der Waals surface area contributed by atoms with E-state index in [0.29, 0.717) is 22.3 Å². The van der Waals surface area contributed by atoms with Crippen LogP contribution in [0.3, 0.4) is 0 Å². The lowest BCUT2D eigenvalue weighted by molar-refractivity contribution is 0.0520. The van der Waals surface area contributed by atoms with Gasteiger partial charge >= 0.3 is 5.97 Å². The first-order valence-corrected chi connectivity index (χ1v) is 11.2. The third-order valence-electron chi connectivity index (χ3n) is 4.48. The lowest BCUT2D eigenvalue weighted by Crippen LogP contribution is -2.16. The van der Waals surface area contributed by atoms with E-state index >= 15 is 0 Å². The minimum absolute atomic E-state index is 0.0162. The Kier molecular flexibility index (Phi) is 5.79. The highest BCUT2D eigenvalue weighted by Crippen LogP contribution is 2.31. The monoisotopic (exact) mass is 456 g/mol. The molecule has 0 saturated carbocycles. The Labute approximate surface area is 186 Å². The molecule has 4 aromatic rings. The van der Waals surface area contributed by atoms with Crippen LogP contribution in [0.4, 0.5) is 5.00 Å². The molecule has 0 aliphatic carbocycles. The highest BCUT2D eigenvalue weighted by molar-refractivity contribution is 7.15. The number of anilines is 1. The van der Waals surface area contributed by atoms with Gasteiger partial charge in [-0.1, -0.05) is 4.49 Å². The minimum atomic E-state index is -0.631. The average Bonchev–Trinajstić information content (AvgIpc) is 3.46. The van der Waals surface area contributed by atoms with Gasteiger partial charge in [-0.15, -0.1) is 16.4 Å². The molecule has 0 bridgehead atoms. The molecule has 0 fully saturated rings. The number of amides is 1. The molecule has 4 rings (SSSR count). The van der Waals surface area contributed by atoms with Crippen molar-refractivity contribution in [3.63, 3.8) is 0 Å². The van der Waals surface area contributed by atoms with Crippen molar-refractivity contribution in [1.29, 1.82) is 0 Å². The average molecular weight is 457 g/mol. The zero-order valence-electron chi connectivity index (χ0n) is 17.4. The molecule has 0 saturated heterocycles. The Morgan fingerprint density at radius 1 is 1.29 bits per heavy atom. The third kappa shape index (κ3) is 4.06. The third-order valence-corrected chi connectivity index (χ3v) is 6.14. The maximum Gasteiger partial charge on any atom is 0.362 e. The van der Waals surface area contributed by atoms with Gasteiger partial charge in [0.25, 0.3) is 5.91 Å². The number of aryl methyl sites for hydroxylation is 1. The molecule has 1 amide bonds. The molecule has 11 heteroatoms. The van der Waals surface area contributed by atoms with Crippen LogP contribution in [0.2, 0.25) is 0 Å². The fraction of sp³-hybridized carbons (Fsp3) is 0.300. The smallest absolute Gasteiger partial charge is 0.362 e. The molecule has 0 aliphatic heterocycles. The van der Waals surface area contributed by atoms with Crippen LogP contribution >= 0.6 is 22.9 Å². The summed E-state index contributed by atoms with van der Waals surface area (Å²) in [5.41, 5.74) is 1.70. The predicted octanol–water partition coefficient (Wildman–Crippen LogP) is 4.33. The van der Waals surface area contributed by atoms with Crippen molar-refractivity contribution >= 4 is 50.8 Å². The summed E-state index contributed by atoms with van der Waals surface area (Å²) in [6, 6.07) is 5.81. The highest BCUT2D eigenvalue weighted by Gasteiger charge is 2.23. The summed E-state index contributed by atoms with van der Waals surface area (Å²) in [4.78, 5) is 32.2. The largest absolute Gasteiger partial charge is 0.461 e. The topological polar surface area (TPSA) is 112 Å². The first-order chi connectivity index (χ1) is 14.9. The number of hydrogen-bond donors (Lipinski definition) is 1. The van der Waals surface area contributed by atoms with E-state index in [1.807, 2.05) is 32.9 Å². The van der Waals surface area contributed by atoms with Gasteiger partial charge in [-0.05, 0) is 45.9 Å². The van der Waals surface area contributed by atoms with Gasteiger partial charge in [-0.3, -0.25) is 4.79 Å². The van der Waals surface area contributed by atoms with Gasteiger partial charge in [0.05, 0.1) is 34.3 Å². The quantitative estimate of drug-likeness (QED) is 0.430. The molecule has 0 aliphatic rings. The molecule has 9 nitrogen and oxygen atoms in total. The van der Waals surface area contributed by atoms with E-state index in [-0.39, 0.29) is 23.3 Å². The second-order valence-electron chi connectivity index (χ2n) is 7.01. The van der Waals surface area contributed by atoms with E-state index in [2.05, 4.69) is 20.0 Å². The number of pyridine rings is 1. The molecular weight excluding hydrogens is 436 g/mol. The van der Waals surface area contributed by atoms with Crippen molar-refractivity contribution in [3.05, 3.63) is 40.5 Å². The Bertz CT molecular complexity index is 1270. The van der Waals surface area contributed by atoms with Gasteiger partial charge in [0.1, 0.15) is 0 Å². The number of carbonyl (C=O) groups is 2. The van der Waals surface area contributed by atoms with Gasteiger partial charge in [0.15, 0.2) is 10.6 Å². The molecule has 0 aromatic carbocycles. The summed E-state index contributed by atoms with van der Waals surface area (Å²) in [6.45, 7) is 7.93. The number of nitrogens with zero attached hydrogens (tertiary/aromatic N) is 5. The van der Waals surface area contributed by atoms with Gasteiger partial charge in [0.2, 0.25) is 5.69 Å². The molecule has 4 heterocycles. The van der Waals surface area contributed by atoms with Crippen LogP contribution in [0.15, 0.2) is 24.4 Å². The van der Waals surface area contributed by atoms with Crippen LogP contribution in [0.25, 0.3) is 21.6 Å². The van der Waals surface area contributed by atoms with Crippen LogP contribution in [-0.4, -0.2) is 42.8 Å². The maximum atomic E-state index is 13.3. The van der Waals surface area contributed by atoms with E-state index in [0.717, 1.165) is 21.3 Å². The van der Waals surface area contributed by atoms with E-state index in [1.54, 1.807) is 35.2 Å². The Morgan fingerprint density at radius 2 is 2.10 bits per heavy atom. The normalized spacial score (nSPS) is 11.3. The second kappa shape index (κ2) is 8.52. The molecular formula is C20H20N6O3S2. The SMILES string of the molecule is CCOC(=O)c1nnsc1NC(=O)c1cc(-c2ccc(C)s2)nc2c1cnn2C(C)C. The lowest BCUT2D eigenvalue weighted by Gasteiger charge is -2.10. The number of ether oxygens (including phenoxy) is 1. The number of rotatable bonds is 6. The Hall–Kier alpha value is -3.18. The van der Waals surface area contributed by atoms with Crippen molar-refractivity contribution < 1.29 is 14.3 Å². The minimum Gasteiger partial charge on any atom is -0.461 e. The van der Waals surface area contributed by atoms with E-state index in [9.17, 15) is 9.59 Å². The fourth-order valence-electron chi connectivity index (χ4n) is 3.06. The molecule has 160 valence electrons. The van der Waals surface area contributed by atoms with Crippen LogP contribution in [0, 0.1) is 6.92 Å². The van der Waals surface area contributed by atoms with Crippen molar-refractivity contribution in [2.75, 3.05) is 11.9 Å². The zero-order chi connectivity index (χ0) is 22.1. The second-order valence-corrected chi connectivity index (χ2v) is 9.05. The molecule has 1 N–H and O–H groups in total. The first kappa shape index (κ1) is 21.1. The van der Waals surface area contributed by atoms with Gasteiger partial charge in [0, 0.05) is 22.5 Å². The summed E-state index contributed by atoms with van der Waals surface area (Å²) >= 11 is 2.52. The molecule has 4 aromatic heterocycles. The van der Waals surface area contributed by atoms with Crippen molar-refractivity contribution in [1.82, 2.24) is 24.4 Å². The molecule has 0 spiro atoms. The van der Waals surface area contributed by atoms with Crippen molar-refractivity contribution in [2.45, 2.75) is 33.7 Å². The zero-order valence-corrected chi connectivity index (χ0v) is 19.0. The van der Waals surface area contributed by atoms with Crippen LogP contribution in [0.1, 0.15) is 52.5 Å². The Morgan fingerprint density at radius 3 is 2.77 bits per heavy atom. The standard InChI is InChI=1S/C20H20N6O3S2/c1-5-29-20(28)16-19(31-25-24-16)23-18(27)12-8-14(15-7-6-11(4)30-15)22-17-13(12)9-21-26(17)10(2)3/h6-10H,5H2,1-4H3,(H,23,27). The maximum absolute atomic E-state index is 13.3. The number of fused-ring (bicyclic) bond motifs is 1. The van der Waals surface area contributed by atoms with Crippen molar-refractivity contribution in [2.24, 2.45) is 0 Å². The predicted molar refractivity (Wildman–Crippen MR) is 120 cm³/mol. The number of carbonyl (C=O) groups excluding carboxylic acids is 2. The number of thiophene rings is 1. The van der Waals surface area contributed by atoms with Gasteiger partial charge in [-0.2, -0.15) is 5.10 Å². The summed E-state index contributed by atoms with van der Waals surface area (Å²) in [5, 5.41) is 11.8. The van der Waals surface area contributed by atoms with E-state index < -0.39 is 11.9 Å². The summed E-state index contributed by atoms with van der Waals surface area (Å²) in [5.74, 6) is -1.03. The van der Waals surface area contributed by atoms with E-state index in [4.69, 9.17) is 9.72 Å². The molecule has 0 atom stereocenters. The van der Waals surface area contributed by atoms with Crippen LogP contribution in [0.5, 0.6) is 0 Å². The van der Waals surface area contributed by atoms with Crippen molar-refractivity contribution in [3.8, 4) is 10.6 Å². The lowest BCUT2D eigenvalue weighted by atomic mass is 10.1. The van der Waals surface area contributed by atoms with Gasteiger partial charge in [-0.25, -0.2) is 14.5 Å². The first-order valence-electron chi connectivity index (χ1n) is 9.65. The van der Waals surface area contributed by atoms with Crippen LogP contribution in [-0.2, 0) is 4.74 Å². The molecule has 0 radical (unpaired) electrons. The van der Waals surface area contributed by atoms with Gasteiger partial charge < -0.3 is 10.1 Å². The summed E-state index contributed by atoms with van der Waals surface area (Å²) in [6.07, 6.45) is 1.64. The number of esters is 1. The highest BCUT2D eigenvalue weighted by atomic mass is 32.1. The fourth-order valence-corrected chi connectivity index (χ4v) is 4.44. The molecule has 31 heavy (non-hydrogen) atoms.